The van der Waals surface area contributed by atoms with Crippen molar-refractivity contribution in [1.29, 1.82) is 0 Å². The van der Waals surface area contributed by atoms with Crippen LogP contribution in [0.15, 0.2) is 117 Å². The molecule has 3 aromatic carbocycles. The van der Waals surface area contributed by atoms with Crippen molar-refractivity contribution in [2.45, 2.75) is 21.9 Å². The lowest BCUT2D eigenvalue weighted by Gasteiger charge is -2.26. The highest BCUT2D eigenvalue weighted by molar-refractivity contribution is 7.99. The number of nitro groups is 1. The summed E-state index contributed by atoms with van der Waals surface area (Å²) < 4.78 is 6.35. The lowest BCUT2D eigenvalue weighted by atomic mass is 10.0. The van der Waals surface area contributed by atoms with Crippen molar-refractivity contribution >= 4 is 58.0 Å². The summed E-state index contributed by atoms with van der Waals surface area (Å²) in [5.74, 6) is -0.0544. The molecule has 1 fully saturated rings. The summed E-state index contributed by atoms with van der Waals surface area (Å²) in [6, 6.07) is 27.2. The molecule has 2 aromatic heterocycles. The molecule has 0 radical (unpaired) electrons. The predicted octanol–water partition coefficient (Wildman–Crippen LogP) is 7.93. The standard InChI is InChI=1S/C31H21ClN4O5S2/c32-24-13-4-18(30(37)38)17-23(24)26-14-15-27(41-26)29-28(25-3-1-2-16-33-25)34-31(42)35(29)19-5-9-21(10-6-19)43-22-11-7-20(8-12-22)36(39)40/h1-17,28-29H,(H,34,42)(H,37,38)/t28-,29+/m0/s1. The Morgan fingerprint density at radius 2 is 1.74 bits per heavy atom. The van der Waals surface area contributed by atoms with Gasteiger partial charge in [0.15, 0.2) is 5.11 Å². The predicted molar refractivity (Wildman–Crippen MR) is 168 cm³/mol. The zero-order valence-corrected chi connectivity index (χ0v) is 24.5. The Hall–Kier alpha value is -4.71. The van der Waals surface area contributed by atoms with Gasteiger partial charge in [0.25, 0.3) is 5.69 Å². The topological polar surface area (TPSA) is 122 Å². The van der Waals surface area contributed by atoms with E-state index in [-0.39, 0.29) is 17.3 Å². The Bertz CT molecular complexity index is 1830. The number of rotatable bonds is 8. The highest BCUT2D eigenvalue weighted by Gasteiger charge is 2.42. The Morgan fingerprint density at radius 1 is 1.02 bits per heavy atom. The number of carbonyl (C=O) groups is 1. The Kier molecular flexibility index (Phi) is 7.85. The van der Waals surface area contributed by atoms with Gasteiger partial charge < -0.3 is 19.7 Å². The third-order valence-electron chi connectivity index (χ3n) is 6.89. The number of furan rings is 1. The van der Waals surface area contributed by atoms with Crippen LogP contribution in [0.25, 0.3) is 11.3 Å². The number of non-ortho nitro benzene ring substituents is 1. The summed E-state index contributed by atoms with van der Waals surface area (Å²) in [4.78, 5) is 30.5. The van der Waals surface area contributed by atoms with E-state index in [0.717, 1.165) is 21.2 Å². The van der Waals surface area contributed by atoms with Crippen LogP contribution in [0.4, 0.5) is 11.4 Å². The van der Waals surface area contributed by atoms with E-state index in [1.807, 2.05) is 53.4 Å². The fraction of sp³-hybridized carbons (Fsp3) is 0.0645. The number of carboxylic acid groups (broad SMARTS) is 1. The average molecular weight is 629 g/mol. The number of nitro benzene ring substituents is 1. The summed E-state index contributed by atoms with van der Waals surface area (Å²) in [5, 5.41) is 24.7. The molecule has 2 atom stereocenters. The van der Waals surface area contributed by atoms with E-state index in [2.05, 4.69) is 10.3 Å². The summed E-state index contributed by atoms with van der Waals surface area (Å²) in [6.07, 6.45) is 1.72. The molecule has 6 rings (SSSR count). The van der Waals surface area contributed by atoms with Crippen molar-refractivity contribution in [3.05, 3.63) is 135 Å². The van der Waals surface area contributed by atoms with Gasteiger partial charge in [-0.3, -0.25) is 15.1 Å². The highest BCUT2D eigenvalue weighted by Crippen LogP contribution is 2.44. The minimum atomic E-state index is -1.06. The minimum absolute atomic E-state index is 0.0428. The number of aromatic carboxylic acids is 1. The van der Waals surface area contributed by atoms with Crippen LogP contribution in [0.5, 0.6) is 0 Å². The maximum absolute atomic E-state index is 11.6. The first-order valence-corrected chi connectivity index (χ1v) is 14.5. The van der Waals surface area contributed by atoms with Crippen LogP contribution < -0.4 is 10.2 Å². The number of nitrogens with zero attached hydrogens (tertiary/aromatic N) is 3. The van der Waals surface area contributed by atoms with E-state index < -0.39 is 16.9 Å². The number of hydrogen-bond donors (Lipinski definition) is 2. The zero-order chi connectivity index (χ0) is 30.1. The molecule has 3 heterocycles. The van der Waals surface area contributed by atoms with Gasteiger partial charge in [0.2, 0.25) is 0 Å². The van der Waals surface area contributed by atoms with Gasteiger partial charge in [-0.05, 0) is 91.1 Å². The molecule has 0 bridgehead atoms. The molecule has 5 aromatic rings. The smallest absolute Gasteiger partial charge is 0.335 e. The molecule has 0 spiro atoms. The van der Waals surface area contributed by atoms with Crippen molar-refractivity contribution in [2.24, 2.45) is 0 Å². The first kappa shape index (κ1) is 28.4. The van der Waals surface area contributed by atoms with Crippen molar-refractivity contribution in [3.63, 3.8) is 0 Å². The first-order chi connectivity index (χ1) is 20.8. The van der Waals surface area contributed by atoms with Crippen molar-refractivity contribution in [1.82, 2.24) is 10.3 Å². The number of nitrogens with one attached hydrogen (secondary N) is 1. The van der Waals surface area contributed by atoms with E-state index in [1.54, 1.807) is 24.4 Å². The number of hydrogen-bond acceptors (Lipinski definition) is 7. The Morgan fingerprint density at radius 3 is 2.40 bits per heavy atom. The third kappa shape index (κ3) is 5.82. The number of aromatic nitrogens is 1. The fourth-order valence-corrected chi connectivity index (χ4v) is 6.25. The van der Waals surface area contributed by atoms with Gasteiger partial charge in [0, 0.05) is 39.4 Å². The van der Waals surface area contributed by atoms with Gasteiger partial charge in [-0.1, -0.05) is 29.4 Å². The number of pyridine rings is 1. The van der Waals surface area contributed by atoms with Crippen LogP contribution in [-0.2, 0) is 0 Å². The minimum Gasteiger partial charge on any atom is -0.478 e. The second-order valence-corrected chi connectivity index (χ2v) is 11.5. The van der Waals surface area contributed by atoms with Gasteiger partial charge in [0.1, 0.15) is 17.6 Å². The molecule has 2 N–H and O–H groups in total. The van der Waals surface area contributed by atoms with Crippen LogP contribution >= 0.6 is 35.6 Å². The fourth-order valence-electron chi connectivity index (χ4n) is 4.87. The molecule has 9 nitrogen and oxygen atoms in total. The first-order valence-electron chi connectivity index (χ1n) is 12.9. The van der Waals surface area contributed by atoms with Gasteiger partial charge in [0.05, 0.1) is 27.2 Å². The van der Waals surface area contributed by atoms with Crippen LogP contribution in [0, 0.1) is 10.1 Å². The number of carboxylic acids is 1. The molecule has 0 saturated carbocycles. The second-order valence-electron chi connectivity index (χ2n) is 9.55. The molecular formula is C31H21ClN4O5S2. The number of halogens is 1. The molecule has 43 heavy (non-hydrogen) atoms. The van der Waals surface area contributed by atoms with Crippen LogP contribution in [0.2, 0.25) is 5.02 Å². The summed E-state index contributed by atoms with van der Waals surface area (Å²) in [6.45, 7) is 0. The largest absolute Gasteiger partial charge is 0.478 e. The SMILES string of the molecule is O=C(O)c1ccc(Cl)c(-c2ccc([C@@H]3[C@H](c4ccccn4)NC(=S)N3c3ccc(Sc4ccc([N+](=O)[O-])cc4)cc3)o2)c1. The molecule has 1 aliphatic heterocycles. The maximum atomic E-state index is 11.6. The number of benzene rings is 3. The Labute approximate surface area is 260 Å². The number of anilines is 1. The van der Waals surface area contributed by atoms with Crippen LogP contribution in [0.3, 0.4) is 0 Å². The second kappa shape index (κ2) is 11.9. The lowest BCUT2D eigenvalue weighted by Crippen LogP contribution is -2.29. The van der Waals surface area contributed by atoms with E-state index in [9.17, 15) is 20.0 Å². The van der Waals surface area contributed by atoms with Crippen LogP contribution in [0.1, 0.15) is 33.9 Å². The molecular weight excluding hydrogens is 608 g/mol. The quantitative estimate of drug-likeness (QED) is 0.0995. The molecule has 12 heteroatoms. The van der Waals surface area contributed by atoms with Crippen LogP contribution in [-0.4, -0.2) is 26.1 Å². The van der Waals surface area contributed by atoms with Gasteiger partial charge in [-0.15, -0.1) is 0 Å². The van der Waals surface area contributed by atoms with Gasteiger partial charge in [-0.25, -0.2) is 4.79 Å². The van der Waals surface area contributed by atoms with Crippen molar-refractivity contribution < 1.29 is 19.2 Å². The summed E-state index contributed by atoms with van der Waals surface area (Å²) in [5.41, 5.74) is 2.20. The normalized spacial score (nSPS) is 16.2. The summed E-state index contributed by atoms with van der Waals surface area (Å²) >= 11 is 13.7. The van der Waals surface area contributed by atoms with E-state index in [1.165, 1.54) is 42.1 Å². The van der Waals surface area contributed by atoms with E-state index >= 15 is 0 Å². The van der Waals surface area contributed by atoms with E-state index in [0.29, 0.717) is 27.2 Å². The summed E-state index contributed by atoms with van der Waals surface area (Å²) in [7, 11) is 0. The average Bonchev–Trinajstić information content (AvgIpc) is 3.63. The van der Waals surface area contributed by atoms with Gasteiger partial charge >= 0.3 is 5.97 Å². The molecule has 1 aliphatic rings. The monoisotopic (exact) mass is 628 g/mol. The maximum Gasteiger partial charge on any atom is 0.335 e. The molecule has 0 aliphatic carbocycles. The van der Waals surface area contributed by atoms with Crippen molar-refractivity contribution in [3.8, 4) is 11.3 Å². The molecule has 214 valence electrons. The van der Waals surface area contributed by atoms with E-state index in [4.69, 9.17) is 28.2 Å². The number of thiocarbonyl (C=S) groups is 1. The highest BCUT2D eigenvalue weighted by atomic mass is 35.5. The van der Waals surface area contributed by atoms with Gasteiger partial charge in [-0.2, -0.15) is 0 Å². The lowest BCUT2D eigenvalue weighted by molar-refractivity contribution is -0.384. The third-order valence-corrected chi connectivity index (χ3v) is 8.55. The Balaban J connectivity index is 1.34. The zero-order valence-electron chi connectivity index (χ0n) is 22.1. The molecule has 0 unspecified atom stereocenters. The van der Waals surface area contributed by atoms with Crippen molar-refractivity contribution in [2.75, 3.05) is 4.90 Å². The molecule has 1 saturated heterocycles. The molecule has 0 amide bonds.